The zero-order valence-electron chi connectivity index (χ0n) is 25.1. The molecule has 0 bridgehead atoms. The van der Waals surface area contributed by atoms with E-state index in [0.29, 0.717) is 23.3 Å². The largest absolute Gasteiger partial charge is 0.352 e. The van der Waals surface area contributed by atoms with E-state index in [9.17, 15) is 4.79 Å². The van der Waals surface area contributed by atoms with Crippen molar-refractivity contribution in [2.45, 2.75) is 141 Å². The van der Waals surface area contributed by atoms with Gasteiger partial charge in [-0.2, -0.15) is 0 Å². The highest BCUT2D eigenvalue weighted by molar-refractivity contribution is 5.91. The molecule has 0 aliphatic heterocycles. The Morgan fingerprint density at radius 3 is 1.97 bits per heavy atom. The maximum Gasteiger partial charge on any atom is 0.246 e. The molecule has 1 N–H and O–H groups in total. The predicted molar refractivity (Wildman–Crippen MR) is 162 cm³/mol. The lowest BCUT2D eigenvalue weighted by atomic mass is 9.68. The molecule has 2 nitrogen and oxygen atoms in total. The van der Waals surface area contributed by atoms with Gasteiger partial charge >= 0.3 is 0 Å². The van der Waals surface area contributed by atoms with Crippen LogP contribution in [0.1, 0.15) is 152 Å². The van der Waals surface area contributed by atoms with Crippen LogP contribution >= 0.6 is 0 Å². The number of rotatable bonds is 12. The van der Waals surface area contributed by atoms with Gasteiger partial charge in [-0.1, -0.05) is 64.2 Å². The van der Waals surface area contributed by atoms with Gasteiger partial charge in [-0.05, 0) is 137 Å². The SMILES string of the molecule is C=C(C)C(=O)NCCCC1CCC(c2ccc(C3CCC(C4CCC(CCCCC)CC4)CC3)cc2F)CC1. The first-order valence-corrected chi connectivity index (χ1v) is 16.7. The van der Waals surface area contributed by atoms with Gasteiger partial charge in [-0.3, -0.25) is 4.79 Å². The third kappa shape index (κ3) is 8.92. The van der Waals surface area contributed by atoms with Crippen molar-refractivity contribution in [2.75, 3.05) is 6.54 Å². The first kappa shape index (κ1) is 30.3. The summed E-state index contributed by atoms with van der Waals surface area (Å²) in [4.78, 5) is 11.6. The van der Waals surface area contributed by atoms with Gasteiger partial charge in [0.2, 0.25) is 5.91 Å². The van der Waals surface area contributed by atoms with Gasteiger partial charge in [-0.25, -0.2) is 4.39 Å². The van der Waals surface area contributed by atoms with E-state index in [0.717, 1.165) is 55.5 Å². The lowest BCUT2D eigenvalue weighted by molar-refractivity contribution is -0.117. The Labute approximate surface area is 239 Å². The summed E-state index contributed by atoms with van der Waals surface area (Å²) >= 11 is 0. The number of unbranched alkanes of at least 4 members (excludes halogenated alkanes) is 2. The zero-order valence-corrected chi connectivity index (χ0v) is 25.1. The molecule has 0 atom stereocenters. The van der Waals surface area contributed by atoms with E-state index in [1.807, 2.05) is 6.07 Å². The highest BCUT2D eigenvalue weighted by Crippen LogP contribution is 2.45. The van der Waals surface area contributed by atoms with Gasteiger partial charge < -0.3 is 5.32 Å². The number of halogens is 1. The van der Waals surface area contributed by atoms with Crippen molar-refractivity contribution in [2.24, 2.45) is 23.7 Å². The Balaban J connectivity index is 1.17. The lowest BCUT2D eigenvalue weighted by Crippen LogP contribution is -2.25. The molecule has 3 fully saturated rings. The highest BCUT2D eigenvalue weighted by Gasteiger charge is 2.32. The first-order valence-electron chi connectivity index (χ1n) is 16.7. The second-order valence-electron chi connectivity index (χ2n) is 13.6. The van der Waals surface area contributed by atoms with Crippen LogP contribution in [0, 0.1) is 29.5 Å². The molecule has 1 aromatic carbocycles. The number of nitrogens with one attached hydrogen (secondary N) is 1. The average molecular weight is 538 g/mol. The maximum absolute atomic E-state index is 15.3. The topological polar surface area (TPSA) is 29.1 Å². The molecule has 218 valence electrons. The van der Waals surface area contributed by atoms with E-state index >= 15 is 4.39 Å². The van der Waals surface area contributed by atoms with Gasteiger partial charge in [-0.15, -0.1) is 0 Å². The molecule has 0 spiro atoms. The maximum atomic E-state index is 15.3. The molecule has 0 saturated heterocycles. The fraction of sp³-hybridized carbons (Fsp3) is 0.750. The van der Waals surface area contributed by atoms with Crippen LogP contribution in [-0.4, -0.2) is 12.5 Å². The third-order valence-electron chi connectivity index (χ3n) is 10.8. The van der Waals surface area contributed by atoms with Crippen LogP contribution in [0.2, 0.25) is 0 Å². The molecule has 0 unspecified atom stereocenters. The van der Waals surface area contributed by atoms with Crippen molar-refractivity contribution < 1.29 is 9.18 Å². The molecule has 1 amide bonds. The van der Waals surface area contributed by atoms with Crippen LogP contribution in [0.4, 0.5) is 4.39 Å². The smallest absolute Gasteiger partial charge is 0.246 e. The van der Waals surface area contributed by atoms with Gasteiger partial charge in [0.15, 0.2) is 0 Å². The molecular weight excluding hydrogens is 481 g/mol. The van der Waals surface area contributed by atoms with Crippen molar-refractivity contribution in [3.05, 3.63) is 47.3 Å². The van der Waals surface area contributed by atoms with E-state index in [4.69, 9.17) is 0 Å². The van der Waals surface area contributed by atoms with E-state index < -0.39 is 0 Å². The summed E-state index contributed by atoms with van der Waals surface area (Å²) < 4.78 is 15.3. The monoisotopic (exact) mass is 537 g/mol. The second kappa shape index (κ2) is 15.4. The van der Waals surface area contributed by atoms with Gasteiger partial charge in [0.05, 0.1) is 0 Å². The standard InChI is InChI=1S/C36H56FNO/c1-4-5-6-8-27-10-14-29(15-11-27)30-18-20-31(21-19-30)33-22-23-34(35(37)25-33)32-16-12-28(13-17-32)9-7-24-38-36(39)26(2)3/h22-23,25,27-32H,2,4-21,24H2,1,3H3,(H,38,39). The van der Waals surface area contributed by atoms with E-state index in [1.54, 1.807) is 6.92 Å². The van der Waals surface area contributed by atoms with Gasteiger partial charge in [0, 0.05) is 12.1 Å². The molecule has 0 radical (unpaired) electrons. The van der Waals surface area contributed by atoms with Crippen LogP contribution in [0.5, 0.6) is 0 Å². The minimum atomic E-state index is -0.0407. The predicted octanol–water partition coefficient (Wildman–Crippen LogP) is 10.2. The summed E-state index contributed by atoms with van der Waals surface area (Å²) in [6.45, 7) is 8.47. The molecular formula is C36H56FNO. The molecule has 3 aliphatic rings. The molecule has 39 heavy (non-hydrogen) atoms. The van der Waals surface area contributed by atoms with Crippen molar-refractivity contribution in [1.29, 1.82) is 0 Å². The van der Waals surface area contributed by atoms with Crippen LogP contribution in [0.25, 0.3) is 0 Å². The van der Waals surface area contributed by atoms with Gasteiger partial charge in [0.25, 0.3) is 0 Å². The number of amides is 1. The molecule has 1 aromatic rings. The number of benzene rings is 1. The zero-order chi connectivity index (χ0) is 27.6. The molecule has 0 aromatic heterocycles. The summed E-state index contributed by atoms with van der Waals surface area (Å²) in [5, 5.41) is 2.94. The lowest BCUT2D eigenvalue weighted by Gasteiger charge is -2.38. The minimum Gasteiger partial charge on any atom is -0.352 e. The molecule has 3 heteroatoms. The summed E-state index contributed by atoms with van der Waals surface area (Å²) in [7, 11) is 0. The van der Waals surface area contributed by atoms with E-state index in [1.165, 1.54) is 95.5 Å². The van der Waals surface area contributed by atoms with E-state index in [-0.39, 0.29) is 11.7 Å². The fourth-order valence-corrected chi connectivity index (χ4v) is 8.19. The third-order valence-corrected chi connectivity index (χ3v) is 10.8. The number of hydrogen-bond acceptors (Lipinski definition) is 1. The normalized spacial score (nSPS) is 29.6. The van der Waals surface area contributed by atoms with Crippen LogP contribution in [0.15, 0.2) is 30.4 Å². The summed E-state index contributed by atoms with van der Waals surface area (Å²) in [6, 6.07) is 6.30. The van der Waals surface area contributed by atoms with E-state index in [2.05, 4.69) is 31.0 Å². The minimum absolute atomic E-state index is 0.0407. The Hall–Kier alpha value is -1.64. The van der Waals surface area contributed by atoms with Crippen molar-refractivity contribution in [3.8, 4) is 0 Å². The molecule has 3 saturated carbocycles. The Morgan fingerprint density at radius 2 is 1.38 bits per heavy atom. The van der Waals surface area contributed by atoms with Crippen LogP contribution < -0.4 is 5.32 Å². The highest BCUT2D eigenvalue weighted by atomic mass is 19.1. The summed E-state index contributed by atoms with van der Waals surface area (Å²) in [6.07, 6.45) is 23.4. The fourth-order valence-electron chi connectivity index (χ4n) is 8.19. The van der Waals surface area contributed by atoms with Crippen LogP contribution in [-0.2, 0) is 4.79 Å². The van der Waals surface area contributed by atoms with Crippen molar-refractivity contribution in [1.82, 2.24) is 5.32 Å². The summed E-state index contributed by atoms with van der Waals surface area (Å²) in [5.74, 6) is 4.50. The number of hydrogen-bond donors (Lipinski definition) is 1. The molecule has 0 heterocycles. The quantitative estimate of drug-likeness (QED) is 0.208. The summed E-state index contributed by atoms with van der Waals surface area (Å²) in [5.41, 5.74) is 2.77. The molecule has 4 rings (SSSR count). The number of carbonyl (C=O) groups excluding carboxylic acids is 1. The van der Waals surface area contributed by atoms with Crippen molar-refractivity contribution in [3.63, 3.8) is 0 Å². The molecule has 3 aliphatic carbocycles. The second-order valence-corrected chi connectivity index (χ2v) is 13.6. The Bertz CT molecular complexity index is 901. The average Bonchev–Trinajstić information content (AvgIpc) is 2.96. The van der Waals surface area contributed by atoms with Gasteiger partial charge in [0.1, 0.15) is 5.82 Å². The Kier molecular flexibility index (Phi) is 12.0. The van der Waals surface area contributed by atoms with Crippen LogP contribution in [0.3, 0.4) is 0 Å². The van der Waals surface area contributed by atoms with Crippen molar-refractivity contribution >= 4 is 5.91 Å². The first-order chi connectivity index (χ1) is 18.9. The Morgan fingerprint density at radius 1 is 0.821 bits per heavy atom. The number of carbonyl (C=O) groups is 1.